The van der Waals surface area contributed by atoms with E-state index in [9.17, 15) is 4.79 Å². The van der Waals surface area contributed by atoms with E-state index in [2.05, 4.69) is 15.4 Å². The third kappa shape index (κ3) is 3.05. The highest BCUT2D eigenvalue weighted by molar-refractivity contribution is 7.11. The van der Waals surface area contributed by atoms with Gasteiger partial charge in [-0.05, 0) is 20.8 Å². The van der Waals surface area contributed by atoms with Crippen molar-refractivity contribution in [3.05, 3.63) is 33.5 Å². The number of amides is 1. The summed E-state index contributed by atoms with van der Waals surface area (Å²) < 4.78 is 1.63. The van der Waals surface area contributed by atoms with Gasteiger partial charge in [-0.15, -0.1) is 11.3 Å². The number of thiazole rings is 1. The van der Waals surface area contributed by atoms with Crippen LogP contribution >= 0.6 is 11.3 Å². The summed E-state index contributed by atoms with van der Waals surface area (Å²) in [5.41, 5.74) is 7.60. The first-order chi connectivity index (χ1) is 9.38. The van der Waals surface area contributed by atoms with E-state index in [1.165, 1.54) is 0 Å². The molecule has 20 heavy (non-hydrogen) atoms. The maximum Gasteiger partial charge on any atom is 0.242 e. The Morgan fingerprint density at radius 2 is 2.20 bits per heavy atom. The van der Waals surface area contributed by atoms with E-state index in [4.69, 9.17) is 5.73 Å². The highest BCUT2D eigenvalue weighted by Gasteiger charge is 2.21. The van der Waals surface area contributed by atoms with Gasteiger partial charge < -0.3 is 11.1 Å². The monoisotopic (exact) mass is 293 g/mol. The van der Waals surface area contributed by atoms with Crippen molar-refractivity contribution < 1.29 is 4.79 Å². The molecule has 0 aromatic carbocycles. The Morgan fingerprint density at radius 3 is 2.70 bits per heavy atom. The molecule has 2 aromatic heterocycles. The molecule has 0 fully saturated rings. The van der Waals surface area contributed by atoms with Gasteiger partial charge in [0.1, 0.15) is 6.04 Å². The van der Waals surface area contributed by atoms with Crippen molar-refractivity contribution in [3.63, 3.8) is 0 Å². The molecule has 7 heteroatoms. The van der Waals surface area contributed by atoms with Crippen LogP contribution in [0.2, 0.25) is 0 Å². The second-order valence-corrected chi connectivity index (χ2v) is 6.07. The molecule has 0 spiro atoms. The van der Waals surface area contributed by atoms with Crippen molar-refractivity contribution in [1.29, 1.82) is 0 Å². The minimum atomic E-state index is -0.708. The lowest BCUT2D eigenvalue weighted by molar-refractivity contribution is -0.123. The summed E-state index contributed by atoms with van der Waals surface area (Å²) in [4.78, 5) is 17.6. The van der Waals surface area contributed by atoms with Crippen LogP contribution in [-0.2, 0) is 11.8 Å². The Hall–Kier alpha value is -1.73. The van der Waals surface area contributed by atoms with Crippen LogP contribution in [0.5, 0.6) is 0 Å². The SMILES string of the molecule is Cc1nc(C)c(C(C)NC(=O)C(N)c2cnn(C)c2)s1. The van der Waals surface area contributed by atoms with Crippen molar-refractivity contribution in [2.24, 2.45) is 12.8 Å². The van der Waals surface area contributed by atoms with E-state index in [1.54, 1.807) is 35.5 Å². The molecule has 2 rings (SSSR count). The summed E-state index contributed by atoms with van der Waals surface area (Å²) >= 11 is 1.59. The van der Waals surface area contributed by atoms with Gasteiger partial charge in [0.15, 0.2) is 0 Å². The Morgan fingerprint density at radius 1 is 1.50 bits per heavy atom. The first kappa shape index (κ1) is 14.7. The zero-order valence-corrected chi connectivity index (χ0v) is 12.9. The Balaban J connectivity index is 2.06. The fourth-order valence-electron chi connectivity index (χ4n) is 2.07. The van der Waals surface area contributed by atoms with Gasteiger partial charge in [0.25, 0.3) is 0 Å². The number of hydrogen-bond acceptors (Lipinski definition) is 5. The second kappa shape index (κ2) is 5.72. The van der Waals surface area contributed by atoms with Gasteiger partial charge in [-0.25, -0.2) is 4.98 Å². The Bertz CT molecular complexity index is 618. The molecule has 0 radical (unpaired) electrons. The van der Waals surface area contributed by atoms with Crippen LogP contribution in [0.25, 0.3) is 0 Å². The van der Waals surface area contributed by atoms with Gasteiger partial charge in [-0.1, -0.05) is 0 Å². The first-order valence-electron chi connectivity index (χ1n) is 6.37. The van der Waals surface area contributed by atoms with Crippen LogP contribution in [0, 0.1) is 13.8 Å². The summed E-state index contributed by atoms with van der Waals surface area (Å²) in [6.45, 7) is 5.84. The zero-order valence-electron chi connectivity index (χ0n) is 12.0. The smallest absolute Gasteiger partial charge is 0.242 e. The minimum absolute atomic E-state index is 0.101. The average Bonchev–Trinajstić information content (AvgIpc) is 2.94. The molecule has 2 aromatic rings. The first-order valence-corrected chi connectivity index (χ1v) is 7.18. The number of nitrogens with one attached hydrogen (secondary N) is 1. The van der Waals surface area contributed by atoms with E-state index < -0.39 is 6.04 Å². The predicted molar refractivity (Wildman–Crippen MR) is 78.3 cm³/mol. The average molecular weight is 293 g/mol. The van der Waals surface area contributed by atoms with E-state index in [0.717, 1.165) is 15.6 Å². The number of hydrogen-bond donors (Lipinski definition) is 2. The molecular formula is C13H19N5OS. The van der Waals surface area contributed by atoms with Gasteiger partial charge in [-0.2, -0.15) is 5.10 Å². The summed E-state index contributed by atoms with van der Waals surface area (Å²) in [5, 5.41) is 7.95. The molecule has 6 nitrogen and oxygen atoms in total. The van der Waals surface area contributed by atoms with Crippen LogP contribution in [0.15, 0.2) is 12.4 Å². The largest absolute Gasteiger partial charge is 0.347 e. The third-order valence-electron chi connectivity index (χ3n) is 3.06. The maximum absolute atomic E-state index is 12.2. The molecule has 0 saturated heterocycles. The second-order valence-electron chi connectivity index (χ2n) is 4.84. The number of rotatable bonds is 4. The van der Waals surface area contributed by atoms with Crippen LogP contribution in [0.1, 0.15) is 40.1 Å². The Kier molecular flexibility index (Phi) is 4.20. The number of nitrogens with two attached hydrogens (primary N) is 1. The number of nitrogens with zero attached hydrogens (tertiary/aromatic N) is 3. The van der Waals surface area contributed by atoms with Crippen LogP contribution in [-0.4, -0.2) is 20.7 Å². The number of aromatic nitrogens is 3. The number of carbonyl (C=O) groups excluding carboxylic acids is 1. The van der Waals surface area contributed by atoms with Crippen LogP contribution in [0.3, 0.4) is 0 Å². The maximum atomic E-state index is 12.2. The normalized spacial score (nSPS) is 14.1. The van der Waals surface area contributed by atoms with E-state index in [1.807, 2.05) is 20.8 Å². The van der Waals surface area contributed by atoms with E-state index in [-0.39, 0.29) is 11.9 Å². The topological polar surface area (TPSA) is 85.8 Å². The Labute approximate surface area is 122 Å². The summed E-state index contributed by atoms with van der Waals surface area (Å²) in [6, 6.07) is -0.808. The van der Waals surface area contributed by atoms with E-state index in [0.29, 0.717) is 5.56 Å². The lowest BCUT2D eigenvalue weighted by atomic mass is 10.1. The lowest BCUT2D eigenvalue weighted by Gasteiger charge is -2.16. The molecule has 3 N–H and O–H groups in total. The molecular weight excluding hydrogens is 274 g/mol. The van der Waals surface area contributed by atoms with Crippen LogP contribution < -0.4 is 11.1 Å². The molecule has 2 unspecified atom stereocenters. The molecule has 108 valence electrons. The molecule has 0 bridgehead atoms. The van der Waals surface area contributed by atoms with Crippen LogP contribution in [0.4, 0.5) is 0 Å². The fraction of sp³-hybridized carbons (Fsp3) is 0.462. The van der Waals surface area contributed by atoms with Crippen molar-refractivity contribution in [2.75, 3.05) is 0 Å². The molecule has 0 aliphatic carbocycles. The van der Waals surface area contributed by atoms with Gasteiger partial charge >= 0.3 is 0 Å². The van der Waals surface area contributed by atoms with Gasteiger partial charge in [-0.3, -0.25) is 9.48 Å². The number of carbonyl (C=O) groups is 1. The van der Waals surface area contributed by atoms with Crippen molar-refractivity contribution in [2.45, 2.75) is 32.9 Å². The molecule has 0 saturated carbocycles. The predicted octanol–water partition coefficient (Wildman–Crippen LogP) is 1.37. The molecule has 0 aliphatic rings. The third-order valence-corrected chi connectivity index (χ3v) is 4.31. The van der Waals surface area contributed by atoms with Crippen molar-refractivity contribution in [1.82, 2.24) is 20.1 Å². The summed E-state index contributed by atoms with van der Waals surface area (Å²) in [7, 11) is 1.79. The standard InChI is InChI=1S/C13H19N5OS/c1-7-12(20-9(3)16-7)8(2)17-13(19)11(14)10-5-15-18(4)6-10/h5-6,8,11H,14H2,1-4H3,(H,17,19). The fourth-order valence-corrected chi connectivity index (χ4v) is 3.00. The number of aryl methyl sites for hydroxylation is 3. The van der Waals surface area contributed by atoms with Gasteiger partial charge in [0.05, 0.1) is 22.9 Å². The molecule has 1 amide bonds. The lowest BCUT2D eigenvalue weighted by Crippen LogP contribution is -2.35. The van der Waals surface area contributed by atoms with Gasteiger partial charge in [0, 0.05) is 23.7 Å². The quantitative estimate of drug-likeness (QED) is 0.891. The van der Waals surface area contributed by atoms with Gasteiger partial charge in [0.2, 0.25) is 5.91 Å². The highest BCUT2D eigenvalue weighted by Crippen LogP contribution is 2.24. The summed E-state index contributed by atoms with van der Waals surface area (Å²) in [6.07, 6.45) is 3.36. The molecule has 0 aliphatic heterocycles. The van der Waals surface area contributed by atoms with E-state index >= 15 is 0 Å². The molecule has 2 heterocycles. The van der Waals surface area contributed by atoms with Crippen molar-refractivity contribution in [3.8, 4) is 0 Å². The minimum Gasteiger partial charge on any atom is -0.347 e. The highest BCUT2D eigenvalue weighted by atomic mass is 32.1. The summed E-state index contributed by atoms with van der Waals surface area (Å²) in [5.74, 6) is -0.212. The van der Waals surface area contributed by atoms with Crippen molar-refractivity contribution >= 4 is 17.2 Å². The zero-order chi connectivity index (χ0) is 14.9. The molecule has 2 atom stereocenters.